The van der Waals surface area contributed by atoms with Gasteiger partial charge in [-0.1, -0.05) is 60.2 Å². The van der Waals surface area contributed by atoms with Gasteiger partial charge in [-0.2, -0.15) is 5.10 Å². The van der Waals surface area contributed by atoms with Crippen LogP contribution in [0.2, 0.25) is 0 Å². The number of nitrogens with one attached hydrogen (secondary N) is 1. The van der Waals surface area contributed by atoms with E-state index in [1.54, 1.807) is 0 Å². The number of hydrogen-bond acceptors (Lipinski definition) is 3. The van der Waals surface area contributed by atoms with Crippen molar-refractivity contribution in [1.82, 2.24) is 10.3 Å². The van der Waals surface area contributed by atoms with Crippen LogP contribution in [0.4, 0.5) is 0 Å². The number of likely N-dealkylation sites (tertiary alicyclic amines) is 1. The summed E-state index contributed by atoms with van der Waals surface area (Å²) in [6.07, 6.45) is 1.77. The molecule has 26 heavy (non-hydrogen) atoms. The third-order valence-electron chi connectivity index (χ3n) is 5.01. The molecule has 4 heteroatoms. The van der Waals surface area contributed by atoms with Gasteiger partial charge in [-0.05, 0) is 50.9 Å². The summed E-state index contributed by atoms with van der Waals surface area (Å²) in [4.78, 5) is 14.8. The lowest BCUT2D eigenvalue weighted by Gasteiger charge is -2.30. The Balaban J connectivity index is 1.47. The molecule has 1 saturated heterocycles. The van der Waals surface area contributed by atoms with Crippen molar-refractivity contribution in [3.8, 4) is 0 Å². The van der Waals surface area contributed by atoms with Gasteiger partial charge < -0.3 is 0 Å². The number of amides is 1. The van der Waals surface area contributed by atoms with Gasteiger partial charge in [-0.25, -0.2) is 5.43 Å². The zero-order chi connectivity index (χ0) is 18.4. The fourth-order valence-electron chi connectivity index (χ4n) is 3.28. The number of nitrogens with zero attached hydrogens (tertiary/aromatic N) is 2. The number of carbonyl (C=O) groups is 1. The van der Waals surface area contributed by atoms with E-state index >= 15 is 0 Å². The molecule has 0 spiro atoms. The molecule has 1 aliphatic rings. The maximum atomic E-state index is 12.4. The molecule has 0 atom stereocenters. The maximum Gasteiger partial charge on any atom is 0.243 e. The molecule has 0 aromatic heterocycles. The fraction of sp³-hybridized carbons (Fsp3) is 0.364. The van der Waals surface area contributed by atoms with E-state index in [4.69, 9.17) is 0 Å². The molecular formula is C22H27N3O. The first-order chi connectivity index (χ1) is 12.6. The molecule has 0 bridgehead atoms. The summed E-state index contributed by atoms with van der Waals surface area (Å²) < 4.78 is 0. The van der Waals surface area contributed by atoms with Crippen LogP contribution in [0.15, 0.2) is 59.7 Å². The van der Waals surface area contributed by atoms with E-state index in [9.17, 15) is 4.79 Å². The van der Waals surface area contributed by atoms with Crippen LogP contribution in [-0.4, -0.2) is 29.6 Å². The van der Waals surface area contributed by atoms with Crippen LogP contribution in [0, 0.1) is 12.8 Å². The van der Waals surface area contributed by atoms with Crippen LogP contribution in [0.1, 0.15) is 36.5 Å². The van der Waals surface area contributed by atoms with E-state index in [1.165, 1.54) is 11.1 Å². The van der Waals surface area contributed by atoms with E-state index in [0.717, 1.165) is 43.8 Å². The van der Waals surface area contributed by atoms with Crippen molar-refractivity contribution in [3.05, 3.63) is 71.3 Å². The van der Waals surface area contributed by atoms with Gasteiger partial charge >= 0.3 is 0 Å². The predicted molar refractivity (Wildman–Crippen MR) is 106 cm³/mol. The Morgan fingerprint density at radius 2 is 1.73 bits per heavy atom. The second-order valence-electron chi connectivity index (χ2n) is 7.08. The molecule has 4 nitrogen and oxygen atoms in total. The lowest BCUT2D eigenvalue weighted by Crippen LogP contribution is -2.39. The van der Waals surface area contributed by atoms with Gasteiger partial charge in [-0.15, -0.1) is 0 Å². The highest BCUT2D eigenvalue weighted by Gasteiger charge is 2.24. The first kappa shape index (κ1) is 18.3. The summed E-state index contributed by atoms with van der Waals surface area (Å²) in [5.74, 6) is 0.0902. The van der Waals surface area contributed by atoms with Gasteiger partial charge in [0.2, 0.25) is 5.91 Å². The topological polar surface area (TPSA) is 44.7 Å². The lowest BCUT2D eigenvalue weighted by atomic mass is 9.96. The average Bonchev–Trinajstić information content (AvgIpc) is 2.68. The van der Waals surface area contributed by atoms with Crippen molar-refractivity contribution in [2.24, 2.45) is 11.0 Å². The predicted octanol–water partition coefficient (Wildman–Crippen LogP) is 3.75. The summed E-state index contributed by atoms with van der Waals surface area (Å²) in [6.45, 7) is 6.84. The van der Waals surface area contributed by atoms with Crippen LogP contribution >= 0.6 is 0 Å². The molecule has 2 aromatic carbocycles. The molecule has 0 saturated carbocycles. The van der Waals surface area contributed by atoms with Gasteiger partial charge in [-0.3, -0.25) is 9.69 Å². The average molecular weight is 349 g/mol. The number of rotatable bonds is 5. The highest BCUT2D eigenvalue weighted by Crippen LogP contribution is 2.19. The molecule has 3 rings (SSSR count). The molecule has 0 radical (unpaired) electrons. The van der Waals surface area contributed by atoms with Crippen LogP contribution in [0.25, 0.3) is 0 Å². The second kappa shape index (κ2) is 8.77. The Labute approximate surface area is 155 Å². The quantitative estimate of drug-likeness (QED) is 0.660. The number of carbonyl (C=O) groups excluding carboxylic acids is 1. The van der Waals surface area contributed by atoms with Gasteiger partial charge in [0.25, 0.3) is 0 Å². The third kappa shape index (κ3) is 5.02. The SMILES string of the molecule is C/C(=N\NC(=O)C1CCN(Cc2ccccc2)CC1)c1ccc(C)cc1. The smallest absolute Gasteiger partial charge is 0.243 e. The minimum atomic E-state index is 0.0378. The largest absolute Gasteiger partial charge is 0.299 e. The highest BCUT2D eigenvalue weighted by molar-refractivity contribution is 5.99. The molecule has 1 fully saturated rings. The number of hydrazone groups is 1. The molecular weight excluding hydrogens is 322 g/mol. The van der Waals surface area contributed by atoms with Crippen LogP contribution in [0.3, 0.4) is 0 Å². The zero-order valence-corrected chi connectivity index (χ0v) is 15.6. The van der Waals surface area contributed by atoms with Gasteiger partial charge in [0, 0.05) is 12.5 Å². The molecule has 2 aromatic rings. The summed E-state index contributed by atoms with van der Waals surface area (Å²) in [7, 11) is 0. The van der Waals surface area contributed by atoms with Crippen LogP contribution in [-0.2, 0) is 11.3 Å². The molecule has 136 valence electrons. The summed E-state index contributed by atoms with van der Waals surface area (Å²) in [5.41, 5.74) is 7.17. The Morgan fingerprint density at radius 1 is 1.08 bits per heavy atom. The van der Waals surface area contributed by atoms with Crippen molar-refractivity contribution in [2.75, 3.05) is 13.1 Å². The van der Waals surface area contributed by atoms with Crippen molar-refractivity contribution in [1.29, 1.82) is 0 Å². The van der Waals surface area contributed by atoms with E-state index in [-0.39, 0.29) is 11.8 Å². The van der Waals surface area contributed by atoms with E-state index in [0.29, 0.717) is 0 Å². The molecule has 1 amide bonds. The van der Waals surface area contributed by atoms with Crippen LogP contribution in [0.5, 0.6) is 0 Å². The lowest BCUT2D eigenvalue weighted by molar-refractivity contribution is -0.126. The highest BCUT2D eigenvalue weighted by atomic mass is 16.2. The first-order valence-electron chi connectivity index (χ1n) is 9.29. The summed E-state index contributed by atoms with van der Waals surface area (Å²) in [6, 6.07) is 18.7. The summed E-state index contributed by atoms with van der Waals surface area (Å²) >= 11 is 0. The molecule has 1 aliphatic heterocycles. The van der Waals surface area contributed by atoms with Crippen molar-refractivity contribution >= 4 is 11.6 Å². The molecule has 0 aliphatic carbocycles. The minimum Gasteiger partial charge on any atom is -0.299 e. The van der Waals surface area contributed by atoms with Gasteiger partial charge in [0.15, 0.2) is 0 Å². The third-order valence-corrected chi connectivity index (χ3v) is 5.01. The first-order valence-corrected chi connectivity index (χ1v) is 9.29. The maximum absolute atomic E-state index is 12.4. The van der Waals surface area contributed by atoms with Gasteiger partial charge in [0.05, 0.1) is 5.71 Å². The number of benzene rings is 2. The van der Waals surface area contributed by atoms with E-state index in [2.05, 4.69) is 58.7 Å². The summed E-state index contributed by atoms with van der Waals surface area (Å²) in [5, 5.41) is 4.29. The standard InChI is InChI=1S/C22H27N3O/c1-17-8-10-20(11-9-17)18(2)23-24-22(26)21-12-14-25(15-13-21)16-19-6-4-3-5-7-19/h3-11,21H,12-16H2,1-2H3,(H,24,26)/b23-18+. The van der Waals surface area contributed by atoms with Crippen molar-refractivity contribution < 1.29 is 4.79 Å². The Morgan fingerprint density at radius 3 is 2.38 bits per heavy atom. The molecule has 1 heterocycles. The van der Waals surface area contributed by atoms with E-state index < -0.39 is 0 Å². The monoisotopic (exact) mass is 349 g/mol. The number of aryl methyl sites for hydroxylation is 1. The molecule has 0 unspecified atom stereocenters. The zero-order valence-electron chi connectivity index (χ0n) is 15.6. The minimum absolute atomic E-state index is 0.0378. The fourth-order valence-corrected chi connectivity index (χ4v) is 3.28. The van der Waals surface area contributed by atoms with Gasteiger partial charge in [0.1, 0.15) is 0 Å². The van der Waals surface area contributed by atoms with Crippen molar-refractivity contribution in [3.63, 3.8) is 0 Å². The number of piperidine rings is 1. The Bertz CT molecular complexity index is 745. The van der Waals surface area contributed by atoms with Crippen molar-refractivity contribution in [2.45, 2.75) is 33.2 Å². The molecule has 1 N–H and O–H groups in total. The Hall–Kier alpha value is -2.46. The normalized spacial score (nSPS) is 16.5. The Kier molecular flexibility index (Phi) is 6.18. The number of hydrogen-bond donors (Lipinski definition) is 1. The van der Waals surface area contributed by atoms with Crippen LogP contribution < -0.4 is 5.43 Å². The van der Waals surface area contributed by atoms with E-state index in [1.807, 2.05) is 25.1 Å². The second-order valence-corrected chi connectivity index (χ2v) is 7.08.